The molecule has 0 spiro atoms. The van der Waals surface area contributed by atoms with E-state index in [1.165, 1.54) is 44.5 Å². The van der Waals surface area contributed by atoms with E-state index in [-0.39, 0.29) is 0 Å². The van der Waals surface area contributed by atoms with E-state index in [1.807, 2.05) is 24.3 Å². The van der Waals surface area contributed by atoms with Gasteiger partial charge in [0.1, 0.15) is 0 Å². The van der Waals surface area contributed by atoms with Gasteiger partial charge < -0.3 is 0 Å². The lowest BCUT2D eigenvalue weighted by Gasteiger charge is -2.34. The van der Waals surface area contributed by atoms with Crippen molar-refractivity contribution in [2.45, 2.75) is 5.41 Å². The fourth-order valence-electron chi connectivity index (χ4n) is 9.07. The van der Waals surface area contributed by atoms with Crippen LogP contribution in [0.15, 0.2) is 224 Å². The van der Waals surface area contributed by atoms with Crippen molar-refractivity contribution in [1.29, 1.82) is 0 Å². The highest BCUT2D eigenvalue weighted by atomic mass is 15.0. The van der Waals surface area contributed by atoms with Gasteiger partial charge in [0, 0.05) is 16.7 Å². The fourth-order valence-corrected chi connectivity index (χ4v) is 9.07. The molecule has 0 saturated carbocycles. The van der Waals surface area contributed by atoms with Crippen LogP contribution in [0, 0.1) is 0 Å². The zero-order valence-corrected chi connectivity index (χ0v) is 32.2. The maximum absolute atomic E-state index is 5.30. The van der Waals surface area contributed by atoms with E-state index in [4.69, 9.17) is 15.0 Å². The molecule has 3 nitrogen and oxygen atoms in total. The van der Waals surface area contributed by atoms with Crippen LogP contribution >= 0.6 is 0 Å². The van der Waals surface area contributed by atoms with Crippen LogP contribution in [0.1, 0.15) is 22.3 Å². The molecule has 10 aromatic rings. The Hall–Kier alpha value is -7.75. The van der Waals surface area contributed by atoms with E-state index in [1.54, 1.807) is 0 Å². The summed E-state index contributed by atoms with van der Waals surface area (Å²) in [6.07, 6.45) is 0. The highest BCUT2D eigenvalue weighted by molar-refractivity contribution is 6.02. The molecule has 1 aromatic heterocycles. The highest BCUT2D eigenvalue weighted by Crippen LogP contribution is 2.57. The third-order valence-electron chi connectivity index (χ3n) is 11.8. The molecule has 0 amide bonds. The van der Waals surface area contributed by atoms with Gasteiger partial charge in [-0.25, -0.2) is 15.0 Å². The number of nitrogens with zero attached hydrogens (tertiary/aromatic N) is 3. The topological polar surface area (TPSA) is 38.7 Å². The van der Waals surface area contributed by atoms with Crippen molar-refractivity contribution < 1.29 is 0 Å². The first kappa shape index (κ1) is 34.5. The van der Waals surface area contributed by atoms with Crippen LogP contribution in [0.25, 0.3) is 78.3 Å². The number of hydrogen-bond acceptors (Lipinski definition) is 3. The first-order valence-corrected chi connectivity index (χ1v) is 20.1. The summed E-state index contributed by atoms with van der Waals surface area (Å²) in [7, 11) is 0. The molecule has 0 atom stereocenters. The smallest absolute Gasteiger partial charge is 0.164 e. The molecule has 0 aliphatic heterocycles. The molecule has 0 bridgehead atoms. The van der Waals surface area contributed by atoms with Crippen molar-refractivity contribution in [2.24, 2.45) is 0 Å². The molecule has 0 saturated heterocycles. The summed E-state index contributed by atoms with van der Waals surface area (Å²) in [5.41, 5.74) is 14.4. The van der Waals surface area contributed by atoms with Gasteiger partial charge in [0.05, 0.1) is 5.41 Å². The fraction of sp³-hybridized carbons (Fsp3) is 0.0179. The lowest BCUT2D eigenvalue weighted by atomic mass is 9.67. The molecule has 0 unspecified atom stereocenters. The number of rotatable bonds is 7. The van der Waals surface area contributed by atoms with Crippen molar-refractivity contribution in [2.75, 3.05) is 0 Å². The predicted octanol–water partition coefficient (Wildman–Crippen LogP) is 13.7. The molecule has 0 radical (unpaired) electrons. The van der Waals surface area contributed by atoms with E-state index < -0.39 is 5.41 Å². The average molecular weight is 752 g/mol. The Balaban J connectivity index is 1.10. The second-order valence-electron chi connectivity index (χ2n) is 15.1. The minimum absolute atomic E-state index is 0.519. The van der Waals surface area contributed by atoms with Gasteiger partial charge in [-0.15, -0.1) is 0 Å². The largest absolute Gasteiger partial charge is 0.208 e. The van der Waals surface area contributed by atoms with Gasteiger partial charge in [-0.05, 0) is 84.6 Å². The molecule has 11 rings (SSSR count). The van der Waals surface area contributed by atoms with Gasteiger partial charge in [-0.3, -0.25) is 0 Å². The highest BCUT2D eigenvalue weighted by Gasteiger charge is 2.46. The van der Waals surface area contributed by atoms with E-state index in [9.17, 15) is 0 Å². The molecule has 1 heterocycles. The van der Waals surface area contributed by atoms with Crippen molar-refractivity contribution in [3.8, 4) is 67.5 Å². The van der Waals surface area contributed by atoms with Gasteiger partial charge >= 0.3 is 0 Å². The minimum Gasteiger partial charge on any atom is -0.208 e. The lowest BCUT2D eigenvalue weighted by molar-refractivity contribution is 0.769. The maximum atomic E-state index is 5.30. The third-order valence-corrected chi connectivity index (χ3v) is 11.8. The summed E-state index contributed by atoms with van der Waals surface area (Å²) in [6, 6.07) is 80.0. The molecule has 0 N–H and O–H groups in total. The molecule has 1 aliphatic carbocycles. The number of hydrogen-bond donors (Lipinski definition) is 0. The van der Waals surface area contributed by atoms with Crippen LogP contribution in [0.3, 0.4) is 0 Å². The van der Waals surface area contributed by atoms with Gasteiger partial charge in [0.2, 0.25) is 0 Å². The minimum atomic E-state index is -0.519. The number of benzene rings is 9. The summed E-state index contributed by atoms with van der Waals surface area (Å²) in [5.74, 6) is 1.90. The Kier molecular flexibility index (Phi) is 8.37. The molecule has 9 aromatic carbocycles. The molecule has 3 heteroatoms. The van der Waals surface area contributed by atoms with Crippen LogP contribution in [-0.2, 0) is 5.41 Å². The maximum Gasteiger partial charge on any atom is 0.164 e. The van der Waals surface area contributed by atoms with Crippen LogP contribution in [0.5, 0.6) is 0 Å². The van der Waals surface area contributed by atoms with Crippen LogP contribution in [-0.4, -0.2) is 15.0 Å². The SMILES string of the molecule is c1ccc(-c2ccc(-c3cccc(-c4nc(-c5ccccc5)nc(-c5cccc6cc7c(cc56)C(c5ccccc5)(c5ccccc5)c5ccccc5-7)n4)c3)cc2)cc1. The predicted molar refractivity (Wildman–Crippen MR) is 242 cm³/mol. The first-order valence-electron chi connectivity index (χ1n) is 20.1. The van der Waals surface area contributed by atoms with Gasteiger partial charge in [-0.1, -0.05) is 206 Å². The number of fused-ring (bicyclic) bond motifs is 4. The summed E-state index contributed by atoms with van der Waals surface area (Å²) in [6.45, 7) is 0. The molecule has 1 aliphatic rings. The van der Waals surface area contributed by atoms with E-state index in [2.05, 4.69) is 200 Å². The molecule has 59 heavy (non-hydrogen) atoms. The zero-order chi connectivity index (χ0) is 39.2. The van der Waals surface area contributed by atoms with Crippen molar-refractivity contribution >= 4 is 10.8 Å². The molecule has 276 valence electrons. The molecular weight excluding hydrogens is 715 g/mol. The Bertz CT molecular complexity index is 3080. The monoisotopic (exact) mass is 751 g/mol. The van der Waals surface area contributed by atoms with Crippen molar-refractivity contribution in [3.63, 3.8) is 0 Å². The van der Waals surface area contributed by atoms with Gasteiger partial charge in [-0.2, -0.15) is 0 Å². The van der Waals surface area contributed by atoms with E-state index in [0.717, 1.165) is 38.6 Å². The molecule has 0 fully saturated rings. The van der Waals surface area contributed by atoms with Crippen LogP contribution < -0.4 is 0 Å². The summed E-state index contributed by atoms with van der Waals surface area (Å²) in [4.78, 5) is 15.7. The van der Waals surface area contributed by atoms with Gasteiger partial charge in [0.15, 0.2) is 17.5 Å². The quantitative estimate of drug-likeness (QED) is 0.163. The Morgan fingerprint density at radius 1 is 0.271 bits per heavy atom. The summed E-state index contributed by atoms with van der Waals surface area (Å²) >= 11 is 0. The third kappa shape index (κ3) is 5.86. The second-order valence-corrected chi connectivity index (χ2v) is 15.1. The lowest BCUT2D eigenvalue weighted by Crippen LogP contribution is -2.28. The van der Waals surface area contributed by atoms with Crippen molar-refractivity contribution in [3.05, 3.63) is 247 Å². The summed E-state index contributed by atoms with van der Waals surface area (Å²) < 4.78 is 0. The summed E-state index contributed by atoms with van der Waals surface area (Å²) in [5, 5.41) is 2.23. The normalized spacial score (nSPS) is 12.5. The second kappa shape index (κ2) is 14.3. The Morgan fingerprint density at radius 3 is 1.42 bits per heavy atom. The van der Waals surface area contributed by atoms with Crippen LogP contribution in [0.2, 0.25) is 0 Å². The number of aromatic nitrogens is 3. The van der Waals surface area contributed by atoms with Crippen molar-refractivity contribution in [1.82, 2.24) is 15.0 Å². The molecular formula is C56H37N3. The van der Waals surface area contributed by atoms with Crippen LogP contribution in [0.4, 0.5) is 0 Å². The first-order chi connectivity index (χ1) is 29.2. The Labute approximate surface area is 344 Å². The Morgan fingerprint density at radius 2 is 0.746 bits per heavy atom. The van der Waals surface area contributed by atoms with E-state index >= 15 is 0 Å². The average Bonchev–Trinajstić information content (AvgIpc) is 3.61. The van der Waals surface area contributed by atoms with Gasteiger partial charge in [0.25, 0.3) is 0 Å². The van der Waals surface area contributed by atoms with E-state index in [0.29, 0.717) is 17.5 Å². The zero-order valence-electron chi connectivity index (χ0n) is 32.2. The standard InChI is InChI=1S/C56H37N3/c1-5-17-38(18-6-1)39-31-33-40(34-32-39)42-21-15-23-44(35-42)54-57-53(41-19-7-2-8-20-41)58-55(59-54)48-29-16-22-43-36-50-47-28-13-14-30-51(47)56(52(50)37-49(43)48,45-24-9-3-10-25-45)46-26-11-4-12-27-46/h1-37H.